The van der Waals surface area contributed by atoms with Crippen molar-refractivity contribution >= 4 is 23.1 Å². The van der Waals surface area contributed by atoms with E-state index in [-0.39, 0.29) is 11.5 Å². The van der Waals surface area contributed by atoms with Crippen molar-refractivity contribution in [1.29, 1.82) is 0 Å². The Morgan fingerprint density at radius 3 is 2.78 bits per heavy atom. The number of aliphatic hydroxyl groups is 1. The quantitative estimate of drug-likeness (QED) is 0.561. The summed E-state index contributed by atoms with van der Waals surface area (Å²) >= 11 is 0. The summed E-state index contributed by atoms with van der Waals surface area (Å²) in [6, 6.07) is 1.61. The molecule has 0 radical (unpaired) electrons. The maximum atomic E-state index is 13.5. The number of nitrogens with one attached hydrogen (secondary N) is 2. The van der Waals surface area contributed by atoms with Gasteiger partial charge in [0.1, 0.15) is 29.0 Å². The van der Waals surface area contributed by atoms with Crippen LogP contribution in [0.4, 0.5) is 17.2 Å². The van der Waals surface area contributed by atoms with Crippen LogP contribution in [0.2, 0.25) is 0 Å². The second-order valence-corrected chi connectivity index (χ2v) is 7.67. The van der Waals surface area contributed by atoms with Crippen LogP contribution in [-0.2, 0) is 5.66 Å². The van der Waals surface area contributed by atoms with E-state index in [1.807, 2.05) is 0 Å². The maximum absolute atomic E-state index is 13.5. The smallest absolute Gasteiger partial charge is 0.277 e. The fourth-order valence-electron chi connectivity index (χ4n) is 4.86. The monoisotopic (exact) mass is 367 g/mol. The summed E-state index contributed by atoms with van der Waals surface area (Å²) in [5, 5.41) is 17.1. The third kappa shape index (κ3) is 2.04. The fraction of sp³-hybridized carbons (Fsp3) is 0.421. The zero-order chi connectivity index (χ0) is 18.9. The van der Waals surface area contributed by atoms with Gasteiger partial charge in [-0.25, -0.2) is 4.98 Å². The predicted molar refractivity (Wildman–Crippen MR) is 100.0 cm³/mol. The summed E-state index contributed by atoms with van der Waals surface area (Å²) in [5.74, 6) is 0.0539. The number of carbonyl (C=O) groups is 1. The summed E-state index contributed by atoms with van der Waals surface area (Å²) in [4.78, 5) is 30.3. The Morgan fingerprint density at radius 1 is 1.30 bits per heavy atom. The minimum Gasteiger partial charge on any atom is -0.384 e. The molecule has 1 aliphatic carbocycles. The molecule has 27 heavy (non-hydrogen) atoms. The van der Waals surface area contributed by atoms with E-state index in [1.54, 1.807) is 17.6 Å². The zero-order valence-electron chi connectivity index (χ0n) is 15.0. The Hall–Kier alpha value is -2.87. The maximum Gasteiger partial charge on any atom is 0.277 e. The molecule has 1 spiro atoms. The van der Waals surface area contributed by atoms with Crippen LogP contribution in [0.25, 0.3) is 0 Å². The molecular formula is C19H21N5O3. The van der Waals surface area contributed by atoms with E-state index in [0.29, 0.717) is 39.6 Å². The van der Waals surface area contributed by atoms with Crippen LogP contribution < -0.4 is 21.9 Å². The highest BCUT2D eigenvalue weighted by atomic mass is 16.3. The number of anilines is 3. The van der Waals surface area contributed by atoms with Crippen LogP contribution >= 0.6 is 0 Å². The molecule has 8 nitrogen and oxygen atoms in total. The van der Waals surface area contributed by atoms with Gasteiger partial charge in [-0.2, -0.15) is 0 Å². The molecule has 3 aliphatic rings. The molecule has 5 rings (SSSR count). The molecule has 0 bridgehead atoms. The number of rotatable bonds is 0. The van der Waals surface area contributed by atoms with Crippen molar-refractivity contribution in [3.8, 4) is 0 Å². The Morgan fingerprint density at radius 2 is 2.04 bits per heavy atom. The number of amides is 1. The van der Waals surface area contributed by atoms with E-state index in [4.69, 9.17) is 5.73 Å². The lowest BCUT2D eigenvalue weighted by atomic mass is 9.88. The first-order valence-electron chi connectivity index (χ1n) is 9.26. The average molecular weight is 367 g/mol. The number of aliphatic hydroxyl groups excluding tert-OH is 1. The Labute approximate surface area is 155 Å². The van der Waals surface area contributed by atoms with Crippen molar-refractivity contribution in [3.05, 3.63) is 45.0 Å². The second kappa shape index (κ2) is 5.32. The molecule has 1 fully saturated rings. The standard InChI is InChI=1S/C19H21N5O3/c1-9-13-14(22-11-7-12(20)21-8-10(11)16(13)25)18(27)24-15(9)17(26)23-19(24)5-3-2-4-6-19/h7-8,16,22,25H,2-6H2,1H3,(H2,20,21)(H,23,26)/t16-/m1/s1. The van der Waals surface area contributed by atoms with E-state index >= 15 is 0 Å². The summed E-state index contributed by atoms with van der Waals surface area (Å²) in [6.07, 6.45) is 4.95. The van der Waals surface area contributed by atoms with Gasteiger partial charge in [0.15, 0.2) is 0 Å². The predicted octanol–water partition coefficient (Wildman–Crippen LogP) is 1.63. The van der Waals surface area contributed by atoms with E-state index in [0.717, 1.165) is 32.1 Å². The number of nitrogens with two attached hydrogens (primary N) is 1. The molecule has 1 atom stereocenters. The van der Waals surface area contributed by atoms with Gasteiger partial charge in [0.05, 0.1) is 5.69 Å². The van der Waals surface area contributed by atoms with Crippen LogP contribution in [0.1, 0.15) is 65.4 Å². The highest BCUT2D eigenvalue weighted by molar-refractivity contribution is 5.98. The Kier molecular flexibility index (Phi) is 3.22. The fourth-order valence-corrected chi connectivity index (χ4v) is 4.86. The van der Waals surface area contributed by atoms with Crippen molar-refractivity contribution in [3.63, 3.8) is 0 Å². The molecule has 5 N–H and O–H groups in total. The lowest BCUT2D eigenvalue weighted by Crippen LogP contribution is -2.49. The average Bonchev–Trinajstić information content (AvgIpc) is 2.91. The number of fused-ring (bicyclic) bond motifs is 4. The molecule has 2 aromatic heterocycles. The van der Waals surface area contributed by atoms with Crippen molar-refractivity contribution in [2.75, 3.05) is 11.1 Å². The van der Waals surface area contributed by atoms with Crippen LogP contribution in [-0.4, -0.2) is 20.6 Å². The molecule has 2 aliphatic heterocycles. The van der Waals surface area contributed by atoms with Gasteiger partial charge in [0.2, 0.25) is 0 Å². The molecule has 1 amide bonds. The molecule has 0 unspecified atom stereocenters. The normalized spacial score (nSPS) is 21.9. The molecule has 0 saturated heterocycles. The number of nitrogen functional groups attached to an aromatic ring is 1. The topological polar surface area (TPSA) is 122 Å². The van der Waals surface area contributed by atoms with Crippen molar-refractivity contribution < 1.29 is 9.90 Å². The van der Waals surface area contributed by atoms with Gasteiger partial charge in [-0.3, -0.25) is 14.2 Å². The molecule has 8 heteroatoms. The third-order valence-electron chi connectivity index (χ3n) is 6.12. The van der Waals surface area contributed by atoms with E-state index in [2.05, 4.69) is 15.6 Å². The number of hydrogen-bond donors (Lipinski definition) is 4. The molecule has 4 heterocycles. The van der Waals surface area contributed by atoms with Crippen LogP contribution in [0.3, 0.4) is 0 Å². The highest BCUT2D eigenvalue weighted by Crippen LogP contribution is 2.44. The van der Waals surface area contributed by atoms with Crippen LogP contribution in [0, 0.1) is 6.92 Å². The van der Waals surface area contributed by atoms with Crippen LogP contribution in [0.5, 0.6) is 0 Å². The summed E-state index contributed by atoms with van der Waals surface area (Å²) in [6.45, 7) is 1.78. The summed E-state index contributed by atoms with van der Waals surface area (Å²) < 4.78 is 1.62. The van der Waals surface area contributed by atoms with E-state index in [1.165, 1.54) is 6.20 Å². The number of hydrogen-bond acceptors (Lipinski definition) is 6. The molecule has 0 aromatic carbocycles. The molecular weight excluding hydrogens is 346 g/mol. The number of nitrogens with zero attached hydrogens (tertiary/aromatic N) is 2. The highest BCUT2D eigenvalue weighted by Gasteiger charge is 2.47. The second-order valence-electron chi connectivity index (χ2n) is 7.67. The Balaban J connectivity index is 1.78. The van der Waals surface area contributed by atoms with Gasteiger partial charge in [-0.15, -0.1) is 0 Å². The first-order chi connectivity index (χ1) is 12.9. The third-order valence-corrected chi connectivity index (χ3v) is 6.12. The summed E-state index contributed by atoms with van der Waals surface area (Å²) in [7, 11) is 0. The zero-order valence-corrected chi connectivity index (χ0v) is 15.0. The minimum atomic E-state index is -1.04. The van der Waals surface area contributed by atoms with Crippen molar-refractivity contribution in [2.24, 2.45) is 0 Å². The van der Waals surface area contributed by atoms with Gasteiger partial charge in [0, 0.05) is 23.4 Å². The van der Waals surface area contributed by atoms with Crippen LogP contribution in [0.15, 0.2) is 17.1 Å². The number of carbonyl (C=O) groups excluding carboxylic acids is 1. The molecule has 1 saturated carbocycles. The van der Waals surface area contributed by atoms with Crippen molar-refractivity contribution in [2.45, 2.75) is 50.8 Å². The number of pyridine rings is 2. The first-order valence-corrected chi connectivity index (χ1v) is 9.26. The lowest BCUT2D eigenvalue weighted by Gasteiger charge is -2.36. The van der Waals surface area contributed by atoms with Crippen molar-refractivity contribution in [1.82, 2.24) is 14.9 Å². The minimum absolute atomic E-state index is 0.247. The first kappa shape index (κ1) is 16.3. The van der Waals surface area contributed by atoms with E-state index in [9.17, 15) is 14.7 Å². The molecule has 140 valence electrons. The summed E-state index contributed by atoms with van der Waals surface area (Å²) in [5.41, 5.74) is 7.64. The molecule has 2 aromatic rings. The van der Waals surface area contributed by atoms with Gasteiger partial charge in [-0.05, 0) is 38.2 Å². The number of aromatic nitrogens is 2. The van der Waals surface area contributed by atoms with Gasteiger partial charge >= 0.3 is 0 Å². The lowest BCUT2D eigenvalue weighted by molar-refractivity contribution is 0.0876. The van der Waals surface area contributed by atoms with Gasteiger partial charge in [0.25, 0.3) is 11.5 Å². The largest absolute Gasteiger partial charge is 0.384 e. The van der Waals surface area contributed by atoms with E-state index < -0.39 is 11.8 Å². The van der Waals surface area contributed by atoms with Gasteiger partial charge < -0.3 is 21.5 Å². The Bertz CT molecular complexity index is 1050. The SMILES string of the molecule is Cc1c2c(c(=O)n3c1C(=O)NC31CCCCC1)Nc1cc(N)ncc1[C@H]2O. The van der Waals surface area contributed by atoms with Gasteiger partial charge in [-0.1, -0.05) is 6.42 Å².